The number of amides is 1. The van der Waals surface area contributed by atoms with Crippen LogP contribution >= 0.6 is 0 Å². The Hall–Kier alpha value is -2.06. The molecular weight excluding hydrogens is 194 g/mol. The summed E-state index contributed by atoms with van der Waals surface area (Å²) < 4.78 is 0. The zero-order chi connectivity index (χ0) is 11.0. The SMILES string of the molecule is N#Cc1cc(N)cc2c1N(O)C(=O)CC2. The van der Waals surface area contributed by atoms with E-state index in [-0.39, 0.29) is 17.7 Å². The zero-order valence-electron chi connectivity index (χ0n) is 7.90. The maximum atomic E-state index is 11.2. The Balaban J connectivity index is 2.66. The second-order valence-electron chi connectivity index (χ2n) is 3.39. The monoisotopic (exact) mass is 203 g/mol. The van der Waals surface area contributed by atoms with Crippen LogP contribution in [0.1, 0.15) is 17.5 Å². The third-order valence-electron chi connectivity index (χ3n) is 2.39. The molecule has 0 radical (unpaired) electrons. The van der Waals surface area contributed by atoms with Gasteiger partial charge in [0.05, 0.1) is 11.3 Å². The molecule has 1 aliphatic heterocycles. The lowest BCUT2D eigenvalue weighted by molar-refractivity contribution is -0.124. The molecule has 0 aliphatic carbocycles. The van der Waals surface area contributed by atoms with E-state index in [1.165, 1.54) is 6.07 Å². The van der Waals surface area contributed by atoms with Crippen molar-refractivity contribution in [3.05, 3.63) is 23.3 Å². The van der Waals surface area contributed by atoms with Crippen molar-refractivity contribution in [2.45, 2.75) is 12.8 Å². The number of fused-ring (bicyclic) bond motifs is 1. The lowest BCUT2D eigenvalue weighted by atomic mass is 9.98. The number of aryl methyl sites for hydroxylation is 1. The third-order valence-corrected chi connectivity index (χ3v) is 2.39. The fraction of sp³-hybridized carbons (Fsp3) is 0.200. The predicted octanol–water partition coefficient (Wildman–Crippen LogP) is 0.809. The molecule has 0 aromatic heterocycles. The van der Waals surface area contributed by atoms with Gasteiger partial charge in [0.25, 0.3) is 5.91 Å². The number of nitrogen functional groups attached to an aromatic ring is 1. The van der Waals surface area contributed by atoms with E-state index >= 15 is 0 Å². The van der Waals surface area contributed by atoms with Crippen LogP contribution in [0.4, 0.5) is 11.4 Å². The van der Waals surface area contributed by atoms with Gasteiger partial charge in [0.2, 0.25) is 0 Å². The van der Waals surface area contributed by atoms with Crippen LogP contribution in [0.5, 0.6) is 0 Å². The van der Waals surface area contributed by atoms with Gasteiger partial charge in [-0.25, -0.2) is 0 Å². The van der Waals surface area contributed by atoms with E-state index in [0.29, 0.717) is 17.2 Å². The quantitative estimate of drug-likeness (QED) is 0.482. The van der Waals surface area contributed by atoms with Crippen LogP contribution in [0.15, 0.2) is 12.1 Å². The molecule has 1 heterocycles. The van der Waals surface area contributed by atoms with Gasteiger partial charge in [0.15, 0.2) is 0 Å². The van der Waals surface area contributed by atoms with E-state index in [9.17, 15) is 10.0 Å². The van der Waals surface area contributed by atoms with Gasteiger partial charge in [-0.1, -0.05) is 0 Å². The number of rotatable bonds is 0. The molecule has 1 aliphatic rings. The standard InChI is InChI=1S/C10H9N3O2/c11-5-7-4-8(12)3-6-1-2-9(14)13(15)10(6)7/h3-4,15H,1-2,12H2. The molecule has 0 fully saturated rings. The second kappa shape index (κ2) is 3.26. The summed E-state index contributed by atoms with van der Waals surface area (Å²) in [5.74, 6) is -0.399. The molecule has 3 N–H and O–H groups in total. The number of nitriles is 1. The molecule has 0 saturated carbocycles. The van der Waals surface area contributed by atoms with E-state index in [4.69, 9.17) is 11.0 Å². The number of hydroxylamine groups is 1. The molecule has 5 nitrogen and oxygen atoms in total. The second-order valence-corrected chi connectivity index (χ2v) is 3.39. The number of carbonyl (C=O) groups excluding carboxylic acids is 1. The predicted molar refractivity (Wildman–Crippen MR) is 53.2 cm³/mol. The molecule has 0 bridgehead atoms. The summed E-state index contributed by atoms with van der Waals surface area (Å²) in [7, 11) is 0. The van der Waals surface area contributed by atoms with Crippen molar-refractivity contribution in [2.75, 3.05) is 10.8 Å². The van der Waals surface area contributed by atoms with Crippen molar-refractivity contribution in [1.29, 1.82) is 5.26 Å². The van der Waals surface area contributed by atoms with Crippen LogP contribution in [0.25, 0.3) is 0 Å². The van der Waals surface area contributed by atoms with Crippen molar-refractivity contribution in [2.24, 2.45) is 0 Å². The minimum Gasteiger partial charge on any atom is -0.399 e. The molecule has 0 spiro atoms. The Morgan fingerprint density at radius 1 is 1.47 bits per heavy atom. The number of nitrogens with zero attached hydrogens (tertiary/aromatic N) is 2. The first-order valence-electron chi connectivity index (χ1n) is 4.48. The van der Waals surface area contributed by atoms with Crippen LogP contribution < -0.4 is 10.8 Å². The fourth-order valence-corrected chi connectivity index (χ4v) is 1.72. The molecule has 76 valence electrons. The molecule has 0 saturated heterocycles. The number of nitrogens with two attached hydrogens (primary N) is 1. The lowest BCUT2D eigenvalue weighted by Gasteiger charge is -2.24. The van der Waals surface area contributed by atoms with Gasteiger partial charge in [-0.3, -0.25) is 10.0 Å². The third kappa shape index (κ3) is 1.41. The van der Waals surface area contributed by atoms with Crippen LogP contribution in [0.2, 0.25) is 0 Å². The highest BCUT2D eigenvalue weighted by Gasteiger charge is 2.25. The summed E-state index contributed by atoms with van der Waals surface area (Å²) in [6.07, 6.45) is 0.739. The van der Waals surface area contributed by atoms with Gasteiger partial charge in [-0.15, -0.1) is 0 Å². The molecule has 5 heteroatoms. The topological polar surface area (TPSA) is 90.3 Å². The van der Waals surface area contributed by atoms with E-state index in [0.717, 1.165) is 5.56 Å². The van der Waals surface area contributed by atoms with Gasteiger partial charge in [-0.05, 0) is 24.1 Å². The average Bonchev–Trinajstić information content (AvgIpc) is 2.22. The first-order chi connectivity index (χ1) is 7.13. The molecule has 15 heavy (non-hydrogen) atoms. The number of anilines is 2. The number of benzene rings is 1. The highest BCUT2D eigenvalue weighted by Crippen LogP contribution is 2.31. The molecule has 0 atom stereocenters. The van der Waals surface area contributed by atoms with E-state index < -0.39 is 5.91 Å². The fourth-order valence-electron chi connectivity index (χ4n) is 1.72. The molecule has 1 amide bonds. The Morgan fingerprint density at radius 2 is 2.20 bits per heavy atom. The largest absolute Gasteiger partial charge is 0.399 e. The van der Waals surface area contributed by atoms with Crippen LogP contribution in [0, 0.1) is 11.3 Å². The molecule has 1 aromatic rings. The maximum absolute atomic E-state index is 11.2. The van der Waals surface area contributed by atoms with E-state index in [1.807, 2.05) is 6.07 Å². The van der Waals surface area contributed by atoms with Crippen molar-refractivity contribution in [3.63, 3.8) is 0 Å². The normalized spacial score (nSPS) is 14.7. The minimum absolute atomic E-state index is 0.223. The smallest absolute Gasteiger partial charge is 0.251 e. The molecule has 0 unspecified atom stereocenters. The van der Waals surface area contributed by atoms with Gasteiger partial charge in [0.1, 0.15) is 6.07 Å². The highest BCUT2D eigenvalue weighted by atomic mass is 16.5. The van der Waals surface area contributed by atoms with Crippen LogP contribution in [-0.2, 0) is 11.2 Å². The van der Waals surface area contributed by atoms with Crippen LogP contribution in [0.3, 0.4) is 0 Å². The summed E-state index contributed by atoms with van der Waals surface area (Å²) in [5, 5.41) is 18.9. The Bertz CT molecular complexity index is 476. The Labute approximate surface area is 86.3 Å². The lowest BCUT2D eigenvalue weighted by Crippen LogP contribution is -2.32. The van der Waals surface area contributed by atoms with E-state index in [2.05, 4.69) is 0 Å². The number of carbonyl (C=O) groups is 1. The first-order valence-corrected chi connectivity index (χ1v) is 4.48. The van der Waals surface area contributed by atoms with Crippen molar-refractivity contribution in [1.82, 2.24) is 0 Å². The van der Waals surface area contributed by atoms with Crippen molar-refractivity contribution in [3.8, 4) is 6.07 Å². The summed E-state index contributed by atoms with van der Waals surface area (Å²) >= 11 is 0. The number of hydrogen-bond acceptors (Lipinski definition) is 4. The Kier molecular flexibility index (Phi) is 2.06. The minimum atomic E-state index is -0.399. The van der Waals surface area contributed by atoms with Gasteiger partial charge < -0.3 is 5.73 Å². The average molecular weight is 203 g/mol. The number of hydrogen-bond donors (Lipinski definition) is 2. The van der Waals surface area contributed by atoms with Gasteiger partial charge >= 0.3 is 0 Å². The molecule has 1 aromatic carbocycles. The van der Waals surface area contributed by atoms with Crippen molar-refractivity contribution < 1.29 is 10.0 Å². The summed E-state index contributed by atoms with van der Waals surface area (Å²) in [6.45, 7) is 0. The maximum Gasteiger partial charge on any atom is 0.251 e. The summed E-state index contributed by atoms with van der Waals surface area (Å²) in [6, 6.07) is 5.03. The molecular formula is C10H9N3O2. The summed E-state index contributed by atoms with van der Waals surface area (Å²) in [5.41, 5.74) is 7.29. The first kappa shape index (κ1) is 9.49. The summed E-state index contributed by atoms with van der Waals surface area (Å²) in [4.78, 5) is 11.2. The van der Waals surface area contributed by atoms with E-state index in [1.54, 1.807) is 6.07 Å². The van der Waals surface area contributed by atoms with Crippen LogP contribution in [-0.4, -0.2) is 11.1 Å². The molecule has 2 rings (SSSR count). The van der Waals surface area contributed by atoms with Crippen molar-refractivity contribution >= 4 is 17.3 Å². The Morgan fingerprint density at radius 3 is 2.87 bits per heavy atom. The van der Waals surface area contributed by atoms with Gasteiger partial charge in [-0.2, -0.15) is 10.3 Å². The highest BCUT2D eigenvalue weighted by molar-refractivity contribution is 5.96. The van der Waals surface area contributed by atoms with Gasteiger partial charge in [0, 0.05) is 12.1 Å². The zero-order valence-corrected chi connectivity index (χ0v) is 7.90.